The fourth-order valence-corrected chi connectivity index (χ4v) is 3.98. The van der Waals surface area contributed by atoms with Crippen molar-refractivity contribution in [3.63, 3.8) is 0 Å². The number of aryl methyl sites for hydroxylation is 3. The highest BCUT2D eigenvalue weighted by Gasteiger charge is 2.35. The second-order valence-corrected chi connectivity index (χ2v) is 8.15. The summed E-state index contributed by atoms with van der Waals surface area (Å²) in [6, 6.07) is 18.3. The van der Waals surface area contributed by atoms with E-state index in [4.69, 9.17) is 0 Å². The number of rotatable bonds is 5. The highest BCUT2D eigenvalue weighted by Crippen LogP contribution is 2.28. The van der Waals surface area contributed by atoms with Crippen molar-refractivity contribution in [2.45, 2.75) is 27.2 Å². The van der Waals surface area contributed by atoms with E-state index in [2.05, 4.69) is 10.7 Å². The standard InChI is InChI=1S/C25H26N4O3/c1-16-7-4-5-10-22(16)28-15-20(14-23(28)30)24(31)26-21-9-6-8-19(13-21)25(32)27-29-17(2)11-12-18(29)3/h4-13,20H,14-15H2,1-3H3,(H,26,31)(H,27,32)/t20-/m1/s1. The summed E-state index contributed by atoms with van der Waals surface area (Å²) in [7, 11) is 0. The Morgan fingerprint density at radius 3 is 2.38 bits per heavy atom. The molecule has 1 atom stereocenters. The highest BCUT2D eigenvalue weighted by atomic mass is 16.2. The number of anilines is 2. The van der Waals surface area contributed by atoms with Crippen molar-refractivity contribution in [1.29, 1.82) is 0 Å². The molecule has 1 saturated heterocycles. The third-order valence-electron chi connectivity index (χ3n) is 5.78. The SMILES string of the molecule is Cc1ccccc1N1C[C@H](C(=O)Nc2cccc(C(=O)Nn3c(C)ccc3C)c2)CC1=O. The van der Waals surface area contributed by atoms with Crippen molar-refractivity contribution < 1.29 is 14.4 Å². The molecule has 7 nitrogen and oxygen atoms in total. The lowest BCUT2D eigenvalue weighted by atomic mass is 10.1. The van der Waals surface area contributed by atoms with Gasteiger partial charge in [0, 0.05) is 41.3 Å². The Morgan fingerprint density at radius 2 is 1.66 bits per heavy atom. The Labute approximate surface area is 187 Å². The third-order valence-corrected chi connectivity index (χ3v) is 5.78. The molecular formula is C25H26N4O3. The molecule has 3 aromatic rings. The van der Waals surface area contributed by atoms with Gasteiger partial charge in [0.1, 0.15) is 0 Å². The molecule has 3 amide bonds. The number of nitrogens with zero attached hydrogens (tertiary/aromatic N) is 2. The van der Waals surface area contributed by atoms with Crippen molar-refractivity contribution in [2.75, 3.05) is 22.2 Å². The van der Waals surface area contributed by atoms with Crippen molar-refractivity contribution >= 4 is 29.1 Å². The first-order chi connectivity index (χ1) is 15.3. The zero-order chi connectivity index (χ0) is 22.8. The van der Waals surface area contributed by atoms with Crippen LogP contribution < -0.4 is 15.6 Å². The number of carbonyl (C=O) groups excluding carboxylic acids is 3. The Bertz CT molecular complexity index is 1180. The van der Waals surface area contributed by atoms with Crippen molar-refractivity contribution in [3.05, 3.63) is 83.2 Å². The monoisotopic (exact) mass is 430 g/mol. The molecule has 164 valence electrons. The van der Waals surface area contributed by atoms with Gasteiger partial charge in [-0.05, 0) is 62.7 Å². The molecule has 2 aromatic carbocycles. The molecule has 0 saturated carbocycles. The van der Waals surface area contributed by atoms with E-state index in [0.717, 1.165) is 22.6 Å². The van der Waals surface area contributed by atoms with Gasteiger partial charge >= 0.3 is 0 Å². The van der Waals surface area contributed by atoms with E-state index in [1.54, 1.807) is 33.8 Å². The molecule has 1 aliphatic rings. The van der Waals surface area contributed by atoms with Crippen LogP contribution in [0.5, 0.6) is 0 Å². The topological polar surface area (TPSA) is 83.4 Å². The minimum atomic E-state index is -0.454. The van der Waals surface area contributed by atoms with Gasteiger partial charge in [0.15, 0.2) is 0 Å². The Morgan fingerprint density at radius 1 is 0.938 bits per heavy atom. The molecule has 1 aliphatic heterocycles. The lowest BCUT2D eigenvalue weighted by Crippen LogP contribution is -2.28. The van der Waals surface area contributed by atoms with Crippen LogP contribution in [0.1, 0.15) is 33.7 Å². The van der Waals surface area contributed by atoms with Gasteiger partial charge in [0.2, 0.25) is 11.8 Å². The summed E-state index contributed by atoms with van der Waals surface area (Å²) in [6.45, 7) is 6.10. The van der Waals surface area contributed by atoms with Crippen molar-refractivity contribution in [3.8, 4) is 0 Å². The largest absolute Gasteiger partial charge is 0.326 e. The Hall–Kier alpha value is -3.87. The quantitative estimate of drug-likeness (QED) is 0.646. The molecule has 1 fully saturated rings. The van der Waals surface area contributed by atoms with Gasteiger partial charge in [-0.1, -0.05) is 24.3 Å². The first kappa shape index (κ1) is 21.4. The first-order valence-electron chi connectivity index (χ1n) is 10.6. The maximum Gasteiger partial charge on any atom is 0.270 e. The fourth-order valence-electron chi connectivity index (χ4n) is 3.98. The maximum atomic E-state index is 12.9. The Balaban J connectivity index is 1.43. The summed E-state index contributed by atoms with van der Waals surface area (Å²) < 4.78 is 1.72. The number of hydrogen-bond acceptors (Lipinski definition) is 3. The average molecular weight is 431 g/mol. The summed E-state index contributed by atoms with van der Waals surface area (Å²) in [5.74, 6) is -1.02. The molecule has 0 unspecified atom stereocenters. The third kappa shape index (κ3) is 4.27. The highest BCUT2D eigenvalue weighted by molar-refractivity contribution is 6.05. The second-order valence-electron chi connectivity index (χ2n) is 8.15. The normalized spacial score (nSPS) is 15.7. The first-order valence-corrected chi connectivity index (χ1v) is 10.6. The predicted octanol–water partition coefficient (Wildman–Crippen LogP) is 3.79. The van der Waals surface area contributed by atoms with Crippen molar-refractivity contribution in [1.82, 2.24) is 4.68 Å². The van der Waals surface area contributed by atoms with Crippen LogP contribution in [0.25, 0.3) is 0 Å². The van der Waals surface area contributed by atoms with Crippen LogP contribution in [0.15, 0.2) is 60.7 Å². The van der Waals surface area contributed by atoms with Crippen LogP contribution in [0.3, 0.4) is 0 Å². The molecule has 0 spiro atoms. The molecular weight excluding hydrogens is 404 g/mol. The van der Waals surface area contributed by atoms with E-state index in [0.29, 0.717) is 17.8 Å². The molecule has 0 radical (unpaired) electrons. The Kier molecular flexibility index (Phi) is 5.81. The van der Waals surface area contributed by atoms with E-state index in [1.165, 1.54) is 0 Å². The average Bonchev–Trinajstić information content (AvgIpc) is 3.31. The zero-order valence-corrected chi connectivity index (χ0v) is 18.4. The predicted molar refractivity (Wildman–Crippen MR) is 124 cm³/mol. The summed E-state index contributed by atoms with van der Waals surface area (Å²) in [6.07, 6.45) is 0.159. The van der Waals surface area contributed by atoms with Crippen LogP contribution in [0.2, 0.25) is 0 Å². The lowest BCUT2D eigenvalue weighted by Gasteiger charge is -2.19. The van der Waals surface area contributed by atoms with Crippen LogP contribution in [0.4, 0.5) is 11.4 Å². The molecule has 32 heavy (non-hydrogen) atoms. The van der Waals surface area contributed by atoms with Gasteiger partial charge in [0.05, 0.1) is 5.92 Å². The van der Waals surface area contributed by atoms with E-state index in [9.17, 15) is 14.4 Å². The second kappa shape index (κ2) is 8.70. The minimum absolute atomic E-state index is 0.0648. The molecule has 7 heteroatoms. The lowest BCUT2D eigenvalue weighted by molar-refractivity contribution is -0.122. The summed E-state index contributed by atoms with van der Waals surface area (Å²) in [5, 5.41) is 2.86. The van der Waals surface area contributed by atoms with Gasteiger partial charge < -0.3 is 10.2 Å². The van der Waals surface area contributed by atoms with E-state index in [1.807, 2.05) is 57.2 Å². The summed E-state index contributed by atoms with van der Waals surface area (Å²) in [4.78, 5) is 39.8. The van der Waals surface area contributed by atoms with Gasteiger partial charge in [-0.25, -0.2) is 0 Å². The summed E-state index contributed by atoms with van der Waals surface area (Å²) in [5.41, 5.74) is 7.48. The van der Waals surface area contributed by atoms with Crippen molar-refractivity contribution in [2.24, 2.45) is 5.92 Å². The number of hydrogen-bond donors (Lipinski definition) is 2. The maximum absolute atomic E-state index is 12.9. The van der Waals surface area contributed by atoms with Crippen LogP contribution in [0, 0.1) is 26.7 Å². The van der Waals surface area contributed by atoms with E-state index < -0.39 is 5.92 Å². The molecule has 1 aromatic heterocycles. The number of aromatic nitrogens is 1. The summed E-state index contributed by atoms with van der Waals surface area (Å²) >= 11 is 0. The molecule has 4 rings (SSSR count). The van der Waals surface area contributed by atoms with Gasteiger partial charge in [-0.15, -0.1) is 0 Å². The smallest absolute Gasteiger partial charge is 0.270 e. The number of para-hydroxylation sites is 1. The minimum Gasteiger partial charge on any atom is -0.326 e. The molecule has 2 heterocycles. The van der Waals surface area contributed by atoms with Gasteiger partial charge in [-0.2, -0.15) is 0 Å². The number of amides is 3. The van der Waals surface area contributed by atoms with Crippen LogP contribution >= 0.6 is 0 Å². The van der Waals surface area contributed by atoms with Crippen LogP contribution in [-0.2, 0) is 9.59 Å². The number of benzene rings is 2. The molecule has 0 aliphatic carbocycles. The zero-order valence-electron chi connectivity index (χ0n) is 18.4. The van der Waals surface area contributed by atoms with Crippen LogP contribution in [-0.4, -0.2) is 28.9 Å². The van der Waals surface area contributed by atoms with Gasteiger partial charge in [0.25, 0.3) is 5.91 Å². The van der Waals surface area contributed by atoms with E-state index in [-0.39, 0.29) is 24.1 Å². The number of carbonyl (C=O) groups is 3. The number of nitrogens with one attached hydrogen (secondary N) is 2. The molecule has 2 N–H and O–H groups in total. The fraction of sp³-hybridized carbons (Fsp3) is 0.240. The molecule has 0 bridgehead atoms. The van der Waals surface area contributed by atoms with E-state index >= 15 is 0 Å². The van der Waals surface area contributed by atoms with Gasteiger partial charge in [-0.3, -0.25) is 24.5 Å².